The van der Waals surface area contributed by atoms with E-state index < -0.39 is 5.97 Å². The van der Waals surface area contributed by atoms with Gasteiger partial charge in [0.25, 0.3) is 0 Å². The summed E-state index contributed by atoms with van der Waals surface area (Å²) in [6.45, 7) is 1.87. The van der Waals surface area contributed by atoms with Crippen molar-refractivity contribution in [1.82, 2.24) is 25.0 Å². The first-order valence-electron chi connectivity index (χ1n) is 8.17. The van der Waals surface area contributed by atoms with E-state index >= 15 is 0 Å². The molecule has 4 N–H and O–H groups in total. The molecule has 0 amide bonds. The number of aryl methyl sites for hydroxylation is 1. The number of aromatic nitrogens is 5. The summed E-state index contributed by atoms with van der Waals surface area (Å²) in [5.41, 5.74) is 1.48. The van der Waals surface area contributed by atoms with Crippen LogP contribution in [0.5, 0.6) is 0 Å². The van der Waals surface area contributed by atoms with Crippen molar-refractivity contribution >= 4 is 46.2 Å². The quantitative estimate of drug-likeness (QED) is 0.476. The van der Waals surface area contributed by atoms with E-state index in [4.69, 9.17) is 16.7 Å². The summed E-state index contributed by atoms with van der Waals surface area (Å²) in [4.78, 5) is 19.9. The first kappa shape index (κ1) is 18.8. The fourth-order valence-corrected chi connectivity index (χ4v) is 2.69. The van der Waals surface area contributed by atoms with Crippen LogP contribution in [0.4, 0.5) is 17.5 Å². The van der Waals surface area contributed by atoms with E-state index in [-0.39, 0.29) is 23.2 Å². The average molecular weight is 392 g/mol. The van der Waals surface area contributed by atoms with E-state index in [1.165, 1.54) is 16.8 Å². The number of halogens is 1. The third-order valence-electron chi connectivity index (χ3n) is 3.96. The van der Waals surface area contributed by atoms with Crippen molar-refractivity contribution in [3.63, 3.8) is 0 Å². The Morgan fingerprint density at radius 1 is 1.37 bits per heavy atom. The second-order valence-electron chi connectivity index (χ2n) is 5.84. The maximum Gasteiger partial charge on any atom is 0.337 e. The fourth-order valence-electron chi connectivity index (χ4n) is 2.43. The molecule has 0 aliphatic rings. The molecular weight excluding hydrogens is 374 g/mol. The van der Waals surface area contributed by atoms with E-state index in [9.17, 15) is 9.90 Å². The van der Waals surface area contributed by atoms with E-state index in [1.54, 1.807) is 13.1 Å². The zero-order valence-corrected chi connectivity index (χ0v) is 15.4. The summed E-state index contributed by atoms with van der Waals surface area (Å²) in [6, 6.07) is 4.28. The summed E-state index contributed by atoms with van der Waals surface area (Å²) in [7, 11) is 1.71. The number of nitrogens with zero attached hydrogens (tertiary/aromatic N) is 5. The molecule has 10 nitrogen and oxygen atoms in total. The minimum absolute atomic E-state index is 0.00523. The second kappa shape index (κ2) is 7.72. The van der Waals surface area contributed by atoms with Gasteiger partial charge in [-0.2, -0.15) is 9.97 Å². The molecule has 0 bridgehead atoms. The van der Waals surface area contributed by atoms with Crippen molar-refractivity contribution in [3.05, 3.63) is 28.8 Å². The monoisotopic (exact) mass is 391 g/mol. The van der Waals surface area contributed by atoms with Gasteiger partial charge < -0.3 is 20.8 Å². The molecule has 27 heavy (non-hydrogen) atoms. The predicted octanol–water partition coefficient (Wildman–Crippen LogP) is 2.04. The number of aromatic carboxylic acids is 1. The van der Waals surface area contributed by atoms with Gasteiger partial charge in [0, 0.05) is 12.7 Å². The van der Waals surface area contributed by atoms with Crippen molar-refractivity contribution in [1.29, 1.82) is 0 Å². The van der Waals surface area contributed by atoms with Gasteiger partial charge in [-0.1, -0.05) is 23.7 Å². The Labute approximate surface area is 159 Å². The van der Waals surface area contributed by atoms with Gasteiger partial charge in [-0.3, -0.25) is 0 Å². The average Bonchev–Trinajstić information content (AvgIpc) is 3.01. The summed E-state index contributed by atoms with van der Waals surface area (Å²) < 4.78 is 1.51. The zero-order chi connectivity index (χ0) is 19.6. The van der Waals surface area contributed by atoms with Crippen molar-refractivity contribution in [2.75, 3.05) is 17.2 Å². The van der Waals surface area contributed by atoms with E-state index in [0.717, 1.165) is 0 Å². The van der Waals surface area contributed by atoms with E-state index in [0.29, 0.717) is 35.0 Å². The van der Waals surface area contributed by atoms with E-state index in [2.05, 4.69) is 30.9 Å². The normalized spacial score (nSPS) is 12.1. The lowest BCUT2D eigenvalue weighted by atomic mass is 10.2. The maximum absolute atomic E-state index is 11.1. The molecule has 1 atom stereocenters. The number of fused-ring (bicyclic) bond motifs is 1. The van der Waals surface area contributed by atoms with Crippen LogP contribution in [0, 0.1) is 0 Å². The minimum Gasteiger partial charge on any atom is -0.478 e. The molecule has 0 aliphatic heterocycles. The molecule has 2 aromatic heterocycles. The molecule has 1 unspecified atom stereocenters. The summed E-state index contributed by atoms with van der Waals surface area (Å²) >= 11 is 6.02. The highest BCUT2D eigenvalue weighted by molar-refractivity contribution is 6.33. The van der Waals surface area contributed by atoms with E-state index in [1.807, 2.05) is 6.92 Å². The first-order valence-corrected chi connectivity index (χ1v) is 8.55. The van der Waals surface area contributed by atoms with Crippen molar-refractivity contribution in [2.24, 2.45) is 7.05 Å². The number of benzene rings is 1. The van der Waals surface area contributed by atoms with Crippen molar-refractivity contribution < 1.29 is 15.0 Å². The molecule has 0 saturated carbocycles. The van der Waals surface area contributed by atoms with Gasteiger partial charge in [-0.15, -0.1) is 5.10 Å². The van der Waals surface area contributed by atoms with Crippen LogP contribution in [-0.2, 0) is 7.05 Å². The van der Waals surface area contributed by atoms with Gasteiger partial charge in [-0.25, -0.2) is 9.48 Å². The molecule has 142 valence electrons. The second-order valence-corrected chi connectivity index (χ2v) is 6.25. The molecule has 3 rings (SSSR count). The number of carboxylic acid groups (broad SMARTS) is 1. The highest BCUT2D eigenvalue weighted by atomic mass is 35.5. The van der Waals surface area contributed by atoms with Gasteiger partial charge >= 0.3 is 5.97 Å². The molecule has 1 aromatic carbocycles. The number of rotatable bonds is 7. The number of aliphatic hydroxyl groups is 1. The van der Waals surface area contributed by atoms with Crippen LogP contribution < -0.4 is 10.6 Å². The molecule has 0 radical (unpaired) electrons. The number of carbonyl (C=O) groups is 1. The lowest BCUT2D eigenvalue weighted by Crippen LogP contribution is -2.24. The number of aliphatic hydroxyl groups excluding tert-OH is 1. The molecule has 0 fully saturated rings. The van der Waals surface area contributed by atoms with Crippen LogP contribution in [0.2, 0.25) is 5.02 Å². The van der Waals surface area contributed by atoms with Crippen LogP contribution in [0.15, 0.2) is 18.2 Å². The lowest BCUT2D eigenvalue weighted by molar-refractivity contribution is 0.0697. The molecule has 11 heteroatoms. The predicted molar refractivity (Wildman–Crippen MR) is 101 cm³/mol. The fraction of sp³-hybridized carbons (Fsp3) is 0.312. The highest BCUT2D eigenvalue weighted by Gasteiger charge is 2.16. The molecule has 0 spiro atoms. The standard InChI is InChI=1S/C16H18ClN7O3/c1-3-8(7-25)19-16-20-13(12-14(21-16)24(2)23-22-12)18-9-4-5-10(15(26)27)11(17)6-9/h4-6,8,25H,3,7H2,1-2H3,(H,26,27)(H2,18,19,20,21). The Bertz CT molecular complexity index is 988. The van der Waals surface area contributed by atoms with Gasteiger partial charge in [0.1, 0.15) is 0 Å². The molecule has 3 aromatic rings. The Balaban J connectivity index is 2.00. The molecular formula is C16H18ClN7O3. The summed E-state index contributed by atoms with van der Waals surface area (Å²) in [6.07, 6.45) is 0.691. The number of hydrogen-bond acceptors (Lipinski definition) is 8. The Hall–Kier alpha value is -2.98. The SMILES string of the molecule is CCC(CO)Nc1nc(Nc2ccc(C(=O)O)c(Cl)c2)c2nnn(C)c2n1. The third-order valence-corrected chi connectivity index (χ3v) is 4.27. The smallest absolute Gasteiger partial charge is 0.337 e. The Kier molecular flexibility index (Phi) is 5.38. The zero-order valence-electron chi connectivity index (χ0n) is 14.6. The molecule has 0 aliphatic carbocycles. The summed E-state index contributed by atoms with van der Waals surface area (Å²) in [5, 5.41) is 32.7. The van der Waals surface area contributed by atoms with Gasteiger partial charge in [0.15, 0.2) is 17.0 Å². The van der Waals surface area contributed by atoms with Crippen LogP contribution in [0.3, 0.4) is 0 Å². The molecule has 0 saturated heterocycles. The Morgan fingerprint density at radius 2 is 2.15 bits per heavy atom. The van der Waals surface area contributed by atoms with Crippen LogP contribution in [0.25, 0.3) is 11.2 Å². The topological polar surface area (TPSA) is 138 Å². The minimum atomic E-state index is -1.11. The number of hydrogen-bond donors (Lipinski definition) is 4. The number of nitrogens with one attached hydrogen (secondary N) is 2. The van der Waals surface area contributed by atoms with Gasteiger partial charge in [-0.05, 0) is 24.6 Å². The summed E-state index contributed by atoms with van der Waals surface area (Å²) in [5.74, 6) is -0.418. The van der Waals surface area contributed by atoms with Gasteiger partial charge in [0.2, 0.25) is 5.95 Å². The lowest BCUT2D eigenvalue weighted by Gasteiger charge is -2.15. The largest absolute Gasteiger partial charge is 0.478 e. The highest BCUT2D eigenvalue weighted by Crippen LogP contribution is 2.27. The van der Waals surface area contributed by atoms with Gasteiger partial charge in [0.05, 0.1) is 23.2 Å². The van der Waals surface area contributed by atoms with Crippen molar-refractivity contribution in [2.45, 2.75) is 19.4 Å². The third kappa shape index (κ3) is 3.91. The number of anilines is 3. The van der Waals surface area contributed by atoms with Crippen LogP contribution in [0.1, 0.15) is 23.7 Å². The maximum atomic E-state index is 11.1. The van der Waals surface area contributed by atoms with Crippen LogP contribution in [-0.4, -0.2) is 53.8 Å². The first-order chi connectivity index (χ1) is 12.9. The number of carboxylic acids is 1. The van der Waals surface area contributed by atoms with Crippen LogP contribution >= 0.6 is 11.6 Å². The van der Waals surface area contributed by atoms with Crippen molar-refractivity contribution in [3.8, 4) is 0 Å². The Morgan fingerprint density at radius 3 is 2.78 bits per heavy atom. The molecule has 2 heterocycles.